The molecule has 1 unspecified atom stereocenters. The van der Waals surface area contributed by atoms with Crippen LogP contribution >= 0.6 is 24.0 Å². The first-order chi connectivity index (χ1) is 9.78. The average Bonchev–Trinajstić information content (AvgIpc) is 3.22. The van der Waals surface area contributed by atoms with Crippen LogP contribution in [0.2, 0.25) is 0 Å². The summed E-state index contributed by atoms with van der Waals surface area (Å²) in [6, 6.07) is 0.683. The molecule has 0 spiro atoms. The van der Waals surface area contributed by atoms with Crippen molar-refractivity contribution in [1.82, 2.24) is 15.5 Å². The zero-order chi connectivity index (χ0) is 14.2. The van der Waals surface area contributed by atoms with Crippen LogP contribution in [0.25, 0.3) is 0 Å². The SMILES string of the molecule is CCNC(=NCCCCN1CCCC(C)C1)NC1CC1.I. The maximum Gasteiger partial charge on any atom is 0.191 e. The third-order valence-corrected chi connectivity index (χ3v) is 4.16. The number of guanidine groups is 1. The van der Waals surface area contributed by atoms with Gasteiger partial charge in [0.15, 0.2) is 5.96 Å². The van der Waals surface area contributed by atoms with E-state index in [-0.39, 0.29) is 24.0 Å². The Morgan fingerprint density at radius 2 is 2.05 bits per heavy atom. The van der Waals surface area contributed by atoms with Crippen LogP contribution < -0.4 is 10.6 Å². The Kier molecular flexibility index (Phi) is 9.64. The van der Waals surface area contributed by atoms with Gasteiger partial charge in [0.2, 0.25) is 0 Å². The molecule has 4 nitrogen and oxygen atoms in total. The summed E-state index contributed by atoms with van der Waals surface area (Å²) < 4.78 is 0. The molecule has 1 saturated carbocycles. The van der Waals surface area contributed by atoms with E-state index in [4.69, 9.17) is 0 Å². The molecule has 0 amide bonds. The molecule has 1 atom stereocenters. The second-order valence-corrected chi connectivity index (χ2v) is 6.43. The molecule has 2 N–H and O–H groups in total. The van der Waals surface area contributed by atoms with E-state index in [1.807, 2.05) is 0 Å². The van der Waals surface area contributed by atoms with Crippen LogP contribution in [0.3, 0.4) is 0 Å². The summed E-state index contributed by atoms with van der Waals surface area (Å²) in [5, 5.41) is 6.79. The molecule has 0 aromatic heterocycles. The van der Waals surface area contributed by atoms with Crippen LogP contribution in [0.1, 0.15) is 52.4 Å². The van der Waals surface area contributed by atoms with Gasteiger partial charge < -0.3 is 15.5 Å². The van der Waals surface area contributed by atoms with Crippen LogP contribution in [0.15, 0.2) is 4.99 Å². The number of rotatable bonds is 7. The summed E-state index contributed by atoms with van der Waals surface area (Å²) in [4.78, 5) is 7.30. The highest BCUT2D eigenvalue weighted by Gasteiger charge is 2.22. The van der Waals surface area contributed by atoms with Crippen LogP contribution in [0.5, 0.6) is 0 Å². The number of nitrogens with one attached hydrogen (secondary N) is 2. The van der Waals surface area contributed by atoms with Crippen molar-refractivity contribution in [1.29, 1.82) is 0 Å². The van der Waals surface area contributed by atoms with Gasteiger partial charge in [0.25, 0.3) is 0 Å². The predicted octanol–water partition coefficient (Wildman–Crippen LogP) is 2.83. The van der Waals surface area contributed by atoms with Crippen molar-refractivity contribution >= 4 is 29.9 Å². The molecule has 5 heteroatoms. The van der Waals surface area contributed by atoms with Gasteiger partial charge in [0, 0.05) is 25.7 Å². The third kappa shape index (κ3) is 8.24. The van der Waals surface area contributed by atoms with Gasteiger partial charge in [-0.1, -0.05) is 6.92 Å². The molecule has 0 radical (unpaired) electrons. The zero-order valence-corrected chi connectivity index (χ0v) is 16.1. The van der Waals surface area contributed by atoms with E-state index in [1.165, 1.54) is 58.2 Å². The summed E-state index contributed by atoms with van der Waals surface area (Å²) in [6.45, 7) is 10.3. The summed E-state index contributed by atoms with van der Waals surface area (Å²) in [7, 11) is 0. The summed E-state index contributed by atoms with van der Waals surface area (Å²) >= 11 is 0. The Morgan fingerprint density at radius 3 is 2.71 bits per heavy atom. The normalized spacial score (nSPS) is 23.5. The number of nitrogens with zero attached hydrogens (tertiary/aromatic N) is 2. The van der Waals surface area contributed by atoms with E-state index < -0.39 is 0 Å². The van der Waals surface area contributed by atoms with Crippen LogP contribution in [0.4, 0.5) is 0 Å². The lowest BCUT2D eigenvalue weighted by atomic mass is 10.0. The molecule has 1 aliphatic heterocycles. The van der Waals surface area contributed by atoms with Crippen molar-refractivity contribution in [2.24, 2.45) is 10.9 Å². The van der Waals surface area contributed by atoms with Gasteiger partial charge in [-0.05, 0) is 64.5 Å². The Morgan fingerprint density at radius 1 is 1.24 bits per heavy atom. The fourth-order valence-corrected chi connectivity index (χ4v) is 2.87. The van der Waals surface area contributed by atoms with Crippen LogP contribution in [0, 0.1) is 5.92 Å². The predicted molar refractivity (Wildman–Crippen MR) is 102 cm³/mol. The molecule has 0 aromatic rings. The van der Waals surface area contributed by atoms with Crippen LogP contribution in [-0.2, 0) is 0 Å². The Labute approximate surface area is 147 Å². The van der Waals surface area contributed by atoms with E-state index in [9.17, 15) is 0 Å². The number of hydrogen-bond donors (Lipinski definition) is 2. The van der Waals surface area contributed by atoms with Crippen LogP contribution in [-0.4, -0.2) is 49.6 Å². The number of piperidine rings is 1. The van der Waals surface area contributed by atoms with Crippen molar-refractivity contribution in [3.05, 3.63) is 0 Å². The fraction of sp³-hybridized carbons (Fsp3) is 0.938. The lowest BCUT2D eigenvalue weighted by Gasteiger charge is -2.30. The first kappa shape index (κ1) is 19.0. The second kappa shape index (κ2) is 10.6. The highest BCUT2D eigenvalue weighted by Crippen LogP contribution is 2.18. The Hall–Kier alpha value is -0.0400. The number of hydrogen-bond acceptors (Lipinski definition) is 2. The Balaban J connectivity index is 0.00000220. The summed E-state index contributed by atoms with van der Waals surface area (Å²) in [5.41, 5.74) is 0. The van der Waals surface area contributed by atoms with E-state index in [1.54, 1.807) is 0 Å². The standard InChI is InChI=1S/C16H32N4.HI/c1-3-17-16(19-15-8-9-15)18-10-4-5-11-20-12-6-7-14(2)13-20;/h14-15H,3-13H2,1-2H3,(H2,17,18,19);1H. The van der Waals surface area contributed by atoms with Gasteiger partial charge >= 0.3 is 0 Å². The molecule has 0 aromatic carbocycles. The molecule has 2 aliphatic rings. The largest absolute Gasteiger partial charge is 0.357 e. The highest BCUT2D eigenvalue weighted by molar-refractivity contribution is 14.0. The molecular weight excluding hydrogens is 375 g/mol. The first-order valence-corrected chi connectivity index (χ1v) is 8.55. The third-order valence-electron chi connectivity index (χ3n) is 4.16. The zero-order valence-electron chi connectivity index (χ0n) is 13.7. The minimum absolute atomic E-state index is 0. The monoisotopic (exact) mass is 408 g/mol. The lowest BCUT2D eigenvalue weighted by molar-refractivity contribution is 0.181. The molecule has 2 rings (SSSR count). The molecule has 21 heavy (non-hydrogen) atoms. The summed E-state index contributed by atoms with van der Waals surface area (Å²) in [5.74, 6) is 1.91. The van der Waals surface area contributed by atoms with E-state index in [0.29, 0.717) is 6.04 Å². The number of unbranched alkanes of at least 4 members (excludes halogenated alkanes) is 1. The Bertz CT molecular complexity index is 305. The topological polar surface area (TPSA) is 39.7 Å². The first-order valence-electron chi connectivity index (χ1n) is 8.55. The molecule has 0 bridgehead atoms. The van der Waals surface area contributed by atoms with Gasteiger partial charge in [-0.2, -0.15) is 0 Å². The molecule has 1 aliphatic carbocycles. The van der Waals surface area contributed by atoms with Crippen molar-refractivity contribution < 1.29 is 0 Å². The van der Waals surface area contributed by atoms with Crippen molar-refractivity contribution in [3.63, 3.8) is 0 Å². The molecule has 124 valence electrons. The number of likely N-dealkylation sites (tertiary alicyclic amines) is 1. The second-order valence-electron chi connectivity index (χ2n) is 6.43. The van der Waals surface area contributed by atoms with Crippen molar-refractivity contribution in [2.75, 3.05) is 32.7 Å². The lowest BCUT2D eigenvalue weighted by Crippen LogP contribution is -2.38. The van der Waals surface area contributed by atoms with Gasteiger partial charge in [-0.3, -0.25) is 4.99 Å². The quantitative estimate of drug-likeness (QED) is 0.295. The van der Waals surface area contributed by atoms with E-state index in [0.717, 1.165) is 25.0 Å². The van der Waals surface area contributed by atoms with Gasteiger partial charge in [-0.25, -0.2) is 0 Å². The maximum atomic E-state index is 4.67. The number of halogens is 1. The maximum absolute atomic E-state index is 4.67. The average molecular weight is 408 g/mol. The van der Waals surface area contributed by atoms with E-state index in [2.05, 4.69) is 34.4 Å². The molecular formula is C16H33IN4. The van der Waals surface area contributed by atoms with Gasteiger partial charge in [0.1, 0.15) is 0 Å². The summed E-state index contributed by atoms with van der Waals surface area (Å²) in [6.07, 6.45) is 7.88. The van der Waals surface area contributed by atoms with E-state index >= 15 is 0 Å². The molecule has 2 fully saturated rings. The van der Waals surface area contributed by atoms with Gasteiger partial charge in [0.05, 0.1) is 0 Å². The molecule has 1 saturated heterocycles. The number of aliphatic imine (C=N–C) groups is 1. The molecule has 1 heterocycles. The minimum atomic E-state index is 0. The highest BCUT2D eigenvalue weighted by atomic mass is 127. The van der Waals surface area contributed by atoms with Crippen molar-refractivity contribution in [3.8, 4) is 0 Å². The van der Waals surface area contributed by atoms with Crippen molar-refractivity contribution in [2.45, 2.75) is 58.4 Å². The minimum Gasteiger partial charge on any atom is -0.357 e. The smallest absolute Gasteiger partial charge is 0.191 e. The van der Waals surface area contributed by atoms with Gasteiger partial charge in [-0.15, -0.1) is 24.0 Å². The fourth-order valence-electron chi connectivity index (χ4n) is 2.87.